The van der Waals surface area contributed by atoms with Gasteiger partial charge in [-0.1, -0.05) is 36.4 Å². The van der Waals surface area contributed by atoms with Crippen LogP contribution in [0.2, 0.25) is 0 Å². The van der Waals surface area contributed by atoms with Crippen LogP contribution in [0, 0.1) is 0 Å². The number of aromatic nitrogens is 4. The molecule has 0 fully saturated rings. The molecule has 1 aliphatic heterocycles. The van der Waals surface area contributed by atoms with Gasteiger partial charge in [-0.15, -0.1) is 21.5 Å². The Bertz CT molecular complexity index is 1140. The first-order valence-electron chi connectivity index (χ1n) is 9.08. The van der Waals surface area contributed by atoms with Crippen molar-refractivity contribution in [2.45, 2.75) is 19.0 Å². The molecule has 0 N–H and O–H groups in total. The molecule has 0 bridgehead atoms. The maximum Gasteiger partial charge on any atom is 0.267 e. The van der Waals surface area contributed by atoms with Crippen LogP contribution in [0.4, 0.5) is 0 Å². The van der Waals surface area contributed by atoms with Gasteiger partial charge in [-0.2, -0.15) is 9.90 Å². The van der Waals surface area contributed by atoms with Crippen LogP contribution in [-0.2, 0) is 11.3 Å². The Morgan fingerprint density at radius 3 is 2.79 bits per heavy atom. The second-order valence-electron chi connectivity index (χ2n) is 6.51. The van der Waals surface area contributed by atoms with Gasteiger partial charge in [-0.25, -0.2) is 5.01 Å². The van der Waals surface area contributed by atoms with Crippen molar-refractivity contribution in [2.24, 2.45) is 5.10 Å². The fraction of sp³-hybridized carbons (Fsp3) is 0.150. The number of hydrazone groups is 1. The Balaban J connectivity index is 1.39. The third kappa shape index (κ3) is 3.47. The number of hydrogen-bond donors (Lipinski definition) is 0. The normalized spacial score (nSPS) is 16.2. The molecule has 9 heteroatoms. The van der Waals surface area contributed by atoms with E-state index in [-0.39, 0.29) is 18.5 Å². The maximum atomic E-state index is 13.0. The summed E-state index contributed by atoms with van der Waals surface area (Å²) in [7, 11) is 0. The zero-order valence-corrected chi connectivity index (χ0v) is 16.1. The standard InChI is InChI=1S/C20H16N6O2S/c27-19(13-25-23-20(21-24-25)14-6-2-1-3-7-14)26-16(17-8-4-10-28-17)12-15(22-26)18-9-5-11-29-18/h1-11,16H,12-13H2/t16-/m1/s1. The summed E-state index contributed by atoms with van der Waals surface area (Å²) in [6.07, 6.45) is 2.20. The fourth-order valence-electron chi connectivity index (χ4n) is 3.24. The lowest BCUT2D eigenvalue weighted by Crippen LogP contribution is -2.31. The molecule has 4 heterocycles. The largest absolute Gasteiger partial charge is 0.467 e. The van der Waals surface area contributed by atoms with Gasteiger partial charge in [-0.05, 0) is 28.8 Å². The third-order valence-corrected chi connectivity index (χ3v) is 5.52. The van der Waals surface area contributed by atoms with Gasteiger partial charge in [0.25, 0.3) is 5.91 Å². The lowest BCUT2D eigenvalue weighted by atomic mass is 10.1. The number of nitrogens with zero attached hydrogens (tertiary/aromatic N) is 6. The SMILES string of the molecule is O=C(Cn1nnc(-c2ccccc2)n1)N1N=C(c2cccs2)C[C@@H]1c1ccco1. The number of thiophene rings is 1. The summed E-state index contributed by atoms with van der Waals surface area (Å²) < 4.78 is 5.56. The van der Waals surface area contributed by atoms with E-state index in [0.29, 0.717) is 18.0 Å². The highest BCUT2D eigenvalue weighted by Gasteiger charge is 2.35. The van der Waals surface area contributed by atoms with Crippen molar-refractivity contribution in [1.29, 1.82) is 0 Å². The van der Waals surface area contributed by atoms with E-state index < -0.39 is 0 Å². The smallest absolute Gasteiger partial charge is 0.267 e. The van der Waals surface area contributed by atoms with Gasteiger partial charge in [0.15, 0.2) is 0 Å². The number of rotatable bonds is 5. The Hall–Kier alpha value is -3.59. The quantitative estimate of drug-likeness (QED) is 0.509. The molecule has 144 valence electrons. The monoisotopic (exact) mass is 404 g/mol. The van der Waals surface area contributed by atoms with Gasteiger partial charge in [-0.3, -0.25) is 4.79 Å². The average Bonchev–Trinajstić information content (AvgIpc) is 3.55. The molecule has 0 saturated carbocycles. The molecule has 1 amide bonds. The van der Waals surface area contributed by atoms with Crippen LogP contribution < -0.4 is 0 Å². The lowest BCUT2D eigenvalue weighted by molar-refractivity contribution is -0.134. The van der Waals surface area contributed by atoms with E-state index >= 15 is 0 Å². The summed E-state index contributed by atoms with van der Waals surface area (Å²) >= 11 is 1.60. The lowest BCUT2D eigenvalue weighted by Gasteiger charge is -2.19. The molecule has 3 aromatic heterocycles. The zero-order chi connectivity index (χ0) is 19.6. The second-order valence-corrected chi connectivity index (χ2v) is 7.45. The van der Waals surface area contributed by atoms with Crippen molar-refractivity contribution in [3.8, 4) is 11.4 Å². The maximum absolute atomic E-state index is 13.0. The van der Waals surface area contributed by atoms with E-state index in [9.17, 15) is 4.79 Å². The van der Waals surface area contributed by atoms with Gasteiger partial charge in [0.05, 0.1) is 16.9 Å². The van der Waals surface area contributed by atoms with Crippen molar-refractivity contribution in [2.75, 3.05) is 0 Å². The predicted molar refractivity (Wildman–Crippen MR) is 107 cm³/mol. The summed E-state index contributed by atoms with van der Waals surface area (Å²) in [5.74, 6) is 0.949. The summed E-state index contributed by atoms with van der Waals surface area (Å²) in [4.78, 5) is 15.4. The first kappa shape index (κ1) is 17.5. The van der Waals surface area contributed by atoms with E-state index in [1.807, 2.05) is 60.0 Å². The van der Waals surface area contributed by atoms with E-state index in [2.05, 4.69) is 20.5 Å². The van der Waals surface area contributed by atoms with Crippen molar-refractivity contribution in [3.63, 3.8) is 0 Å². The van der Waals surface area contributed by atoms with Crippen LogP contribution in [0.1, 0.15) is 23.1 Å². The Labute approximate surface area is 170 Å². The van der Waals surface area contributed by atoms with Gasteiger partial charge in [0.2, 0.25) is 5.82 Å². The molecule has 1 atom stereocenters. The molecule has 0 saturated heterocycles. The fourth-order valence-corrected chi connectivity index (χ4v) is 3.96. The number of carbonyl (C=O) groups is 1. The molecule has 0 radical (unpaired) electrons. The summed E-state index contributed by atoms with van der Waals surface area (Å²) in [6, 6.07) is 16.9. The summed E-state index contributed by atoms with van der Waals surface area (Å²) in [6.45, 7) is -0.0573. The molecule has 5 rings (SSSR count). The summed E-state index contributed by atoms with van der Waals surface area (Å²) in [5, 5.41) is 20.5. The van der Waals surface area contributed by atoms with Crippen LogP contribution in [0.5, 0.6) is 0 Å². The Morgan fingerprint density at radius 1 is 1.14 bits per heavy atom. The number of furan rings is 1. The minimum atomic E-state index is -0.285. The molecule has 0 unspecified atom stereocenters. The number of benzene rings is 1. The molecule has 0 aliphatic carbocycles. The van der Waals surface area contributed by atoms with Crippen molar-refractivity contribution in [3.05, 3.63) is 76.9 Å². The molecule has 1 aliphatic rings. The van der Waals surface area contributed by atoms with Crippen LogP contribution in [0.3, 0.4) is 0 Å². The predicted octanol–water partition coefficient (Wildman–Crippen LogP) is 3.37. The molecule has 29 heavy (non-hydrogen) atoms. The van der Waals surface area contributed by atoms with Gasteiger partial charge in [0.1, 0.15) is 18.3 Å². The molecule has 1 aromatic carbocycles. The molecule has 4 aromatic rings. The minimum Gasteiger partial charge on any atom is -0.467 e. The number of tetrazole rings is 1. The second kappa shape index (κ2) is 7.44. The molecular formula is C20H16N6O2S. The van der Waals surface area contributed by atoms with Crippen LogP contribution in [-0.4, -0.2) is 36.8 Å². The van der Waals surface area contributed by atoms with Crippen LogP contribution >= 0.6 is 11.3 Å². The molecule has 8 nitrogen and oxygen atoms in total. The molecule has 0 spiro atoms. The number of hydrogen-bond acceptors (Lipinski definition) is 7. The minimum absolute atomic E-state index is 0.0573. The van der Waals surface area contributed by atoms with E-state index in [4.69, 9.17) is 4.42 Å². The Kier molecular flexibility index (Phi) is 4.49. The third-order valence-electron chi connectivity index (χ3n) is 4.60. The first-order chi connectivity index (χ1) is 14.3. The highest BCUT2D eigenvalue weighted by molar-refractivity contribution is 7.12. The zero-order valence-electron chi connectivity index (χ0n) is 15.3. The van der Waals surface area contributed by atoms with Gasteiger partial charge >= 0.3 is 0 Å². The molecular weight excluding hydrogens is 388 g/mol. The number of amides is 1. The van der Waals surface area contributed by atoms with Crippen molar-refractivity contribution in [1.82, 2.24) is 25.2 Å². The number of carbonyl (C=O) groups excluding carboxylic acids is 1. The van der Waals surface area contributed by atoms with Crippen molar-refractivity contribution >= 4 is 23.0 Å². The van der Waals surface area contributed by atoms with Gasteiger partial charge in [0, 0.05) is 12.0 Å². The first-order valence-corrected chi connectivity index (χ1v) is 9.96. The average molecular weight is 404 g/mol. The van der Waals surface area contributed by atoms with Gasteiger partial charge < -0.3 is 4.42 Å². The highest BCUT2D eigenvalue weighted by Crippen LogP contribution is 2.34. The topological polar surface area (TPSA) is 89.4 Å². The van der Waals surface area contributed by atoms with E-state index in [1.54, 1.807) is 17.6 Å². The van der Waals surface area contributed by atoms with Crippen LogP contribution in [0.15, 0.2) is 75.8 Å². The Morgan fingerprint density at radius 2 is 2.03 bits per heavy atom. The summed E-state index contributed by atoms with van der Waals surface area (Å²) in [5.41, 5.74) is 1.71. The van der Waals surface area contributed by atoms with Crippen molar-refractivity contribution < 1.29 is 9.21 Å². The van der Waals surface area contributed by atoms with E-state index in [0.717, 1.165) is 16.2 Å². The van der Waals surface area contributed by atoms with E-state index in [1.165, 1.54) is 9.81 Å². The highest BCUT2D eigenvalue weighted by atomic mass is 32.1. The van der Waals surface area contributed by atoms with Crippen LogP contribution in [0.25, 0.3) is 11.4 Å².